The molecule has 5 saturated heterocycles. The minimum Gasteiger partial charge on any atom is -0.366 e. The van der Waals surface area contributed by atoms with Gasteiger partial charge in [-0.2, -0.15) is 0 Å². The maximum absolute atomic E-state index is 15.4. The summed E-state index contributed by atoms with van der Waals surface area (Å²) in [6.45, 7) is 9.56. The summed E-state index contributed by atoms with van der Waals surface area (Å²) >= 11 is 0. The van der Waals surface area contributed by atoms with Crippen LogP contribution in [0.15, 0.2) is 48.9 Å². The van der Waals surface area contributed by atoms with Crippen LogP contribution in [0.5, 0.6) is 0 Å². The van der Waals surface area contributed by atoms with E-state index in [9.17, 15) is 19.2 Å². The summed E-state index contributed by atoms with van der Waals surface area (Å²) in [6, 6.07) is 13.9. The van der Waals surface area contributed by atoms with Crippen molar-refractivity contribution < 1.29 is 24.0 Å². The minimum absolute atomic E-state index is 0.110. The SMILES string of the molecule is CC(C)n1cnc2cc(-c3ccc4c(c3)N(C3CC(N5CCCCC5)C3)C(=O)C43CCN(C(=O)C4CCC5(CCC5)N(C(=O)C5CCN(c6ccc(C7CCC(=O)NC7=O)cn6)CC5)C4)CC3)nc(NC3CC3)c21. The highest BCUT2D eigenvalue weighted by molar-refractivity contribution is 6.09. The number of amides is 5. The van der Waals surface area contributed by atoms with Crippen molar-refractivity contribution in [3.63, 3.8) is 0 Å². The molecule has 0 radical (unpaired) electrons. The van der Waals surface area contributed by atoms with Gasteiger partial charge in [-0.15, -0.1) is 0 Å². The van der Waals surface area contributed by atoms with E-state index in [1.807, 2.05) is 23.4 Å². The van der Waals surface area contributed by atoms with Crippen molar-refractivity contribution in [2.75, 3.05) is 60.9 Å². The smallest absolute Gasteiger partial charge is 0.238 e. The number of imidazole rings is 1. The van der Waals surface area contributed by atoms with Gasteiger partial charge in [-0.1, -0.05) is 24.6 Å². The second-order valence-corrected chi connectivity index (χ2v) is 24.1. The molecule has 390 valence electrons. The lowest BCUT2D eigenvalue weighted by Crippen LogP contribution is -2.63. The Balaban J connectivity index is 0.703. The molecule has 0 bridgehead atoms. The molecule has 9 heterocycles. The van der Waals surface area contributed by atoms with Gasteiger partial charge in [0.2, 0.25) is 29.5 Å². The Labute approximate surface area is 434 Å². The van der Waals surface area contributed by atoms with E-state index in [0.29, 0.717) is 70.5 Å². The number of nitrogens with one attached hydrogen (secondary N) is 2. The maximum atomic E-state index is 15.4. The third-order valence-corrected chi connectivity index (χ3v) is 19.4. The fourth-order valence-electron chi connectivity index (χ4n) is 14.5. The van der Waals surface area contributed by atoms with Crippen LogP contribution in [0.3, 0.4) is 0 Å². The Morgan fingerprint density at radius 2 is 1.55 bits per heavy atom. The van der Waals surface area contributed by atoms with E-state index in [0.717, 1.165) is 134 Å². The number of rotatable bonds is 10. The first-order valence-corrected chi connectivity index (χ1v) is 28.5. The van der Waals surface area contributed by atoms with E-state index in [2.05, 4.69) is 72.9 Å². The molecule has 6 aliphatic heterocycles. The van der Waals surface area contributed by atoms with Crippen molar-refractivity contribution in [2.45, 2.75) is 170 Å². The zero-order chi connectivity index (χ0) is 50.5. The molecule has 16 nitrogen and oxygen atoms in total. The van der Waals surface area contributed by atoms with Crippen LogP contribution >= 0.6 is 0 Å². The number of nitrogens with zero attached hydrogens (tertiary/aromatic N) is 9. The number of carbonyl (C=O) groups is 5. The minimum atomic E-state index is -0.697. The number of hydrogen-bond acceptors (Lipinski definition) is 11. The molecular weight excluding hydrogens is 931 g/mol. The summed E-state index contributed by atoms with van der Waals surface area (Å²) in [4.78, 5) is 95.1. The van der Waals surface area contributed by atoms with Crippen LogP contribution < -0.4 is 20.4 Å². The Morgan fingerprint density at radius 1 is 0.770 bits per heavy atom. The number of piperidine rings is 5. The fraction of sp³-hybridized carbons (Fsp3) is 0.621. The van der Waals surface area contributed by atoms with Crippen molar-refractivity contribution in [2.24, 2.45) is 11.8 Å². The van der Waals surface area contributed by atoms with E-state index in [1.165, 1.54) is 19.3 Å². The molecule has 2 spiro atoms. The molecule has 9 aliphatic rings. The Bertz CT molecular complexity index is 2860. The molecule has 3 saturated carbocycles. The van der Waals surface area contributed by atoms with Gasteiger partial charge >= 0.3 is 0 Å². The number of carbonyl (C=O) groups excluding carboxylic acids is 5. The molecule has 74 heavy (non-hydrogen) atoms. The van der Waals surface area contributed by atoms with Crippen LogP contribution in [0.1, 0.15) is 153 Å². The second-order valence-electron chi connectivity index (χ2n) is 24.1. The molecule has 2 atom stereocenters. The van der Waals surface area contributed by atoms with E-state index in [4.69, 9.17) is 15.0 Å². The van der Waals surface area contributed by atoms with Gasteiger partial charge < -0.3 is 34.4 Å². The van der Waals surface area contributed by atoms with Crippen LogP contribution in [0.4, 0.5) is 17.3 Å². The molecular formula is C58H73N11O5. The van der Waals surface area contributed by atoms with Crippen molar-refractivity contribution in [1.82, 2.24) is 39.5 Å². The van der Waals surface area contributed by atoms with Crippen molar-refractivity contribution >= 4 is 57.9 Å². The molecule has 1 aromatic carbocycles. The number of benzene rings is 1. The zero-order valence-corrected chi connectivity index (χ0v) is 43.4. The number of fused-ring (bicyclic) bond motifs is 3. The van der Waals surface area contributed by atoms with Gasteiger partial charge in [-0.05, 0) is 159 Å². The number of pyridine rings is 2. The molecule has 3 aliphatic carbocycles. The first kappa shape index (κ1) is 47.8. The highest BCUT2D eigenvalue weighted by Crippen LogP contribution is 2.53. The summed E-state index contributed by atoms with van der Waals surface area (Å²) in [5, 5.41) is 6.16. The highest BCUT2D eigenvalue weighted by atomic mass is 16.2. The van der Waals surface area contributed by atoms with E-state index < -0.39 is 5.41 Å². The lowest BCUT2D eigenvalue weighted by atomic mass is 9.67. The van der Waals surface area contributed by atoms with E-state index in [-0.39, 0.29) is 64.9 Å². The largest absolute Gasteiger partial charge is 0.366 e. The molecule has 2 unspecified atom stereocenters. The quantitative estimate of drug-likeness (QED) is 0.151. The number of likely N-dealkylation sites (tertiary alicyclic amines) is 3. The van der Waals surface area contributed by atoms with Crippen molar-refractivity contribution in [3.8, 4) is 11.3 Å². The Kier molecular flexibility index (Phi) is 12.1. The fourth-order valence-corrected chi connectivity index (χ4v) is 14.5. The lowest BCUT2D eigenvalue weighted by Gasteiger charge is -2.56. The summed E-state index contributed by atoms with van der Waals surface area (Å²) in [5.74, 6) is 0.995. The number of aromatic nitrogens is 4. The lowest BCUT2D eigenvalue weighted by molar-refractivity contribution is -0.157. The highest BCUT2D eigenvalue weighted by Gasteiger charge is 2.57. The molecule has 5 amide bonds. The van der Waals surface area contributed by atoms with Gasteiger partial charge in [0.1, 0.15) is 11.3 Å². The average molecular weight is 1000 g/mol. The normalized spacial score (nSPS) is 27.1. The maximum Gasteiger partial charge on any atom is 0.238 e. The van der Waals surface area contributed by atoms with Crippen LogP contribution in [0.25, 0.3) is 22.3 Å². The van der Waals surface area contributed by atoms with Gasteiger partial charge in [0.25, 0.3) is 0 Å². The van der Waals surface area contributed by atoms with Gasteiger partial charge in [-0.3, -0.25) is 29.3 Å². The summed E-state index contributed by atoms with van der Waals surface area (Å²) in [6.07, 6.45) is 19.9. The van der Waals surface area contributed by atoms with Crippen LogP contribution in [-0.4, -0.2) is 133 Å². The predicted octanol–water partition coefficient (Wildman–Crippen LogP) is 7.47. The third-order valence-electron chi connectivity index (χ3n) is 19.4. The van der Waals surface area contributed by atoms with Crippen LogP contribution in [-0.2, 0) is 29.4 Å². The Morgan fingerprint density at radius 3 is 2.24 bits per heavy atom. The zero-order valence-electron chi connectivity index (χ0n) is 43.4. The predicted molar refractivity (Wildman–Crippen MR) is 283 cm³/mol. The molecule has 3 aromatic heterocycles. The summed E-state index contributed by atoms with van der Waals surface area (Å²) in [5.41, 5.74) is 5.86. The number of anilines is 3. The summed E-state index contributed by atoms with van der Waals surface area (Å²) < 4.78 is 2.20. The van der Waals surface area contributed by atoms with Crippen LogP contribution in [0.2, 0.25) is 0 Å². The molecule has 16 heteroatoms. The van der Waals surface area contributed by atoms with Gasteiger partial charge in [-0.25, -0.2) is 15.0 Å². The third kappa shape index (κ3) is 8.27. The molecule has 8 fully saturated rings. The first-order valence-electron chi connectivity index (χ1n) is 28.5. The first-order chi connectivity index (χ1) is 35.9. The van der Waals surface area contributed by atoms with Gasteiger partial charge in [0.15, 0.2) is 5.82 Å². The van der Waals surface area contributed by atoms with E-state index in [1.54, 1.807) is 6.20 Å². The van der Waals surface area contributed by atoms with Crippen molar-refractivity contribution in [3.05, 3.63) is 60.0 Å². The summed E-state index contributed by atoms with van der Waals surface area (Å²) in [7, 11) is 0. The average Bonchev–Trinajstić information content (AvgIpc) is 4.06. The standard InChI is InChI=1S/C58H73N11O5/c1-36(2)67-35-60-47-32-46(62-52(51(47)67)61-41-9-10-41)38-7-12-45-48(29-38)69(43-30-42(31-43)64-23-4-3-5-24-64)56(74)58(45)21-27-66(28-22-58)54(72)40-15-20-57(18-6-19-57)68(34-40)55(73)37-16-25-65(26-17-37)49-13-8-39(33-59-49)44-11-14-50(70)63-53(44)71/h7-8,12-13,29,32-33,35-37,40-44H,3-6,9-11,14-28,30-31,34H2,1-2H3,(H,61,62)(H,63,70,71). The Hall–Kier alpha value is -5.90. The van der Waals surface area contributed by atoms with E-state index >= 15 is 4.79 Å². The van der Waals surface area contributed by atoms with Gasteiger partial charge in [0.05, 0.1) is 34.8 Å². The van der Waals surface area contributed by atoms with Crippen LogP contribution in [0, 0.1) is 11.8 Å². The molecule has 4 aromatic rings. The molecule has 13 rings (SSSR count). The second kappa shape index (κ2) is 18.7. The number of imide groups is 1. The number of hydrogen-bond donors (Lipinski definition) is 2. The molecule has 2 N–H and O–H groups in total. The van der Waals surface area contributed by atoms with Crippen molar-refractivity contribution in [1.29, 1.82) is 0 Å². The van der Waals surface area contributed by atoms with Gasteiger partial charge in [0, 0.05) is 92.2 Å². The topological polar surface area (TPSA) is 169 Å². The monoisotopic (exact) mass is 1000 g/mol.